The van der Waals surface area contributed by atoms with Gasteiger partial charge in [-0.05, 0) is 38.5 Å². The van der Waals surface area contributed by atoms with Crippen LogP contribution in [0.15, 0.2) is 15.9 Å². The lowest BCUT2D eigenvalue weighted by Gasteiger charge is -2.17. The van der Waals surface area contributed by atoms with Gasteiger partial charge in [0.05, 0.1) is 12.9 Å². The summed E-state index contributed by atoms with van der Waals surface area (Å²) in [5, 5.41) is 0. The SMILES string of the molecule is CC(=O)Cn1cnc2c1c(=O)n(CC1CC1)c(=O)n2C1CCCC1. The maximum absolute atomic E-state index is 13.0. The van der Waals surface area contributed by atoms with Gasteiger partial charge in [0.15, 0.2) is 11.2 Å². The summed E-state index contributed by atoms with van der Waals surface area (Å²) in [6.07, 6.45) is 7.72. The van der Waals surface area contributed by atoms with Crippen LogP contribution < -0.4 is 11.2 Å². The standard InChI is InChI=1S/C17H22N4O3/c1-11(22)8-19-10-18-15-14(19)16(23)20(9-12-6-7-12)17(24)21(15)13-4-2-3-5-13/h10,12-13H,2-9H2,1H3. The Balaban J connectivity index is 1.97. The molecule has 2 aliphatic carbocycles. The Morgan fingerprint density at radius 1 is 1.21 bits per heavy atom. The number of imidazole rings is 1. The fourth-order valence-electron chi connectivity index (χ4n) is 3.77. The van der Waals surface area contributed by atoms with Crippen LogP contribution in [0.5, 0.6) is 0 Å². The predicted octanol–water partition coefficient (Wildman–Crippen LogP) is 1.47. The van der Waals surface area contributed by atoms with Gasteiger partial charge in [-0.15, -0.1) is 0 Å². The first-order valence-electron chi connectivity index (χ1n) is 8.76. The summed E-state index contributed by atoms with van der Waals surface area (Å²) in [4.78, 5) is 41.8. The molecule has 7 heteroatoms. The largest absolute Gasteiger partial charge is 0.333 e. The van der Waals surface area contributed by atoms with Gasteiger partial charge in [0.25, 0.3) is 5.56 Å². The van der Waals surface area contributed by atoms with Crippen LogP contribution in [-0.2, 0) is 17.9 Å². The average molecular weight is 330 g/mol. The van der Waals surface area contributed by atoms with E-state index in [0.717, 1.165) is 38.5 Å². The van der Waals surface area contributed by atoms with E-state index in [9.17, 15) is 14.4 Å². The van der Waals surface area contributed by atoms with Crippen molar-refractivity contribution in [3.8, 4) is 0 Å². The van der Waals surface area contributed by atoms with Gasteiger partial charge in [-0.3, -0.25) is 18.7 Å². The number of carbonyl (C=O) groups excluding carboxylic acids is 1. The molecule has 2 fully saturated rings. The highest BCUT2D eigenvalue weighted by Gasteiger charge is 2.29. The van der Waals surface area contributed by atoms with Gasteiger partial charge in [-0.2, -0.15) is 0 Å². The van der Waals surface area contributed by atoms with Crippen molar-refractivity contribution in [2.45, 2.75) is 64.6 Å². The molecule has 0 saturated heterocycles. The predicted molar refractivity (Wildman–Crippen MR) is 89.2 cm³/mol. The number of ketones is 1. The summed E-state index contributed by atoms with van der Waals surface area (Å²) < 4.78 is 4.67. The molecular weight excluding hydrogens is 308 g/mol. The Morgan fingerprint density at radius 3 is 2.54 bits per heavy atom. The Bertz CT molecular complexity index is 910. The van der Waals surface area contributed by atoms with Crippen molar-refractivity contribution >= 4 is 16.9 Å². The monoisotopic (exact) mass is 330 g/mol. The molecule has 2 heterocycles. The number of hydrogen-bond acceptors (Lipinski definition) is 4. The quantitative estimate of drug-likeness (QED) is 0.832. The Labute approximate surface area is 138 Å². The van der Waals surface area contributed by atoms with E-state index < -0.39 is 0 Å². The third-order valence-electron chi connectivity index (χ3n) is 5.15. The number of Topliss-reactive ketones (excluding diaryl/α,β-unsaturated/α-hetero) is 1. The minimum atomic E-state index is -0.310. The summed E-state index contributed by atoms with van der Waals surface area (Å²) in [6, 6.07) is 0.103. The minimum Gasteiger partial charge on any atom is -0.317 e. The summed E-state index contributed by atoms with van der Waals surface area (Å²) in [5.74, 6) is 0.384. The summed E-state index contributed by atoms with van der Waals surface area (Å²) in [6.45, 7) is 2.07. The molecule has 0 radical (unpaired) electrons. The van der Waals surface area contributed by atoms with Crippen LogP contribution >= 0.6 is 0 Å². The number of hydrogen-bond donors (Lipinski definition) is 0. The molecule has 128 valence electrons. The molecule has 0 aromatic carbocycles. The minimum absolute atomic E-state index is 0.0407. The van der Waals surface area contributed by atoms with E-state index in [4.69, 9.17) is 0 Å². The lowest BCUT2D eigenvalue weighted by atomic mass is 10.2. The lowest BCUT2D eigenvalue weighted by molar-refractivity contribution is -0.117. The molecule has 0 amide bonds. The van der Waals surface area contributed by atoms with Crippen molar-refractivity contribution in [3.05, 3.63) is 27.2 Å². The third kappa shape index (κ3) is 2.52. The van der Waals surface area contributed by atoms with Crippen LogP contribution in [0.2, 0.25) is 0 Å². The van der Waals surface area contributed by atoms with Gasteiger partial charge in [0.1, 0.15) is 5.78 Å². The molecule has 2 aromatic heterocycles. The highest BCUT2D eigenvalue weighted by Crippen LogP contribution is 2.31. The maximum atomic E-state index is 13.0. The van der Waals surface area contributed by atoms with E-state index in [1.807, 2.05) is 0 Å². The van der Waals surface area contributed by atoms with Crippen molar-refractivity contribution in [1.29, 1.82) is 0 Å². The van der Waals surface area contributed by atoms with Crippen LogP contribution in [0.3, 0.4) is 0 Å². The Hall–Kier alpha value is -2.18. The first-order chi connectivity index (χ1) is 11.6. The van der Waals surface area contributed by atoms with Crippen molar-refractivity contribution in [3.63, 3.8) is 0 Å². The molecular formula is C17H22N4O3. The fourth-order valence-corrected chi connectivity index (χ4v) is 3.77. The zero-order valence-corrected chi connectivity index (χ0v) is 13.9. The van der Waals surface area contributed by atoms with Crippen molar-refractivity contribution in [2.24, 2.45) is 5.92 Å². The number of nitrogens with zero attached hydrogens (tertiary/aromatic N) is 4. The van der Waals surface area contributed by atoms with E-state index in [0.29, 0.717) is 23.6 Å². The van der Waals surface area contributed by atoms with Gasteiger partial charge in [-0.25, -0.2) is 9.78 Å². The molecule has 24 heavy (non-hydrogen) atoms. The van der Waals surface area contributed by atoms with E-state index in [1.54, 1.807) is 9.13 Å². The van der Waals surface area contributed by atoms with Crippen LogP contribution in [0.4, 0.5) is 0 Å². The van der Waals surface area contributed by atoms with E-state index in [1.165, 1.54) is 17.8 Å². The Morgan fingerprint density at radius 2 is 1.92 bits per heavy atom. The third-order valence-corrected chi connectivity index (χ3v) is 5.15. The maximum Gasteiger partial charge on any atom is 0.333 e. The Kier molecular flexibility index (Phi) is 3.66. The zero-order chi connectivity index (χ0) is 16.8. The van der Waals surface area contributed by atoms with Crippen LogP contribution in [-0.4, -0.2) is 24.5 Å². The van der Waals surface area contributed by atoms with E-state index >= 15 is 0 Å². The molecule has 2 aliphatic rings. The van der Waals surface area contributed by atoms with Crippen molar-refractivity contribution in [2.75, 3.05) is 0 Å². The molecule has 2 saturated carbocycles. The van der Waals surface area contributed by atoms with Gasteiger partial charge >= 0.3 is 5.69 Å². The molecule has 0 atom stereocenters. The molecule has 0 aliphatic heterocycles. The number of rotatable bonds is 5. The molecule has 0 spiro atoms. The first-order valence-corrected chi connectivity index (χ1v) is 8.76. The van der Waals surface area contributed by atoms with Gasteiger partial charge in [0, 0.05) is 12.6 Å². The highest BCUT2D eigenvalue weighted by atomic mass is 16.2. The molecule has 2 aromatic rings. The second-order valence-electron chi connectivity index (χ2n) is 7.20. The van der Waals surface area contributed by atoms with Gasteiger partial charge < -0.3 is 4.57 Å². The summed E-state index contributed by atoms with van der Waals surface area (Å²) in [7, 11) is 0. The molecule has 0 bridgehead atoms. The molecule has 4 rings (SSSR count). The topological polar surface area (TPSA) is 78.9 Å². The van der Waals surface area contributed by atoms with E-state index in [-0.39, 0.29) is 29.6 Å². The smallest absolute Gasteiger partial charge is 0.317 e. The van der Waals surface area contributed by atoms with Gasteiger partial charge in [0.2, 0.25) is 0 Å². The summed E-state index contributed by atoms with van der Waals surface area (Å²) in [5.41, 5.74) is 0.275. The number of aromatic nitrogens is 4. The number of fused-ring (bicyclic) bond motifs is 1. The van der Waals surface area contributed by atoms with Crippen LogP contribution in [0, 0.1) is 5.92 Å². The second-order valence-corrected chi connectivity index (χ2v) is 7.20. The summed E-state index contributed by atoms with van der Waals surface area (Å²) >= 11 is 0. The molecule has 0 unspecified atom stereocenters. The second kappa shape index (κ2) is 5.72. The molecule has 0 N–H and O–H groups in total. The van der Waals surface area contributed by atoms with E-state index in [2.05, 4.69) is 4.98 Å². The number of carbonyl (C=O) groups is 1. The van der Waals surface area contributed by atoms with Gasteiger partial charge in [-0.1, -0.05) is 12.8 Å². The molecule has 7 nitrogen and oxygen atoms in total. The first kappa shape index (κ1) is 15.4. The van der Waals surface area contributed by atoms with Crippen molar-refractivity contribution in [1.82, 2.24) is 18.7 Å². The van der Waals surface area contributed by atoms with Crippen LogP contribution in [0.25, 0.3) is 11.2 Å². The normalized spacial score (nSPS) is 18.5. The highest BCUT2D eigenvalue weighted by molar-refractivity contribution is 5.78. The zero-order valence-electron chi connectivity index (χ0n) is 13.9. The lowest BCUT2D eigenvalue weighted by Crippen LogP contribution is -2.42. The average Bonchev–Trinajstić information content (AvgIpc) is 3.02. The van der Waals surface area contributed by atoms with Crippen molar-refractivity contribution < 1.29 is 4.79 Å². The van der Waals surface area contributed by atoms with Crippen LogP contribution in [0.1, 0.15) is 51.5 Å². The fraction of sp³-hybridized carbons (Fsp3) is 0.647.